The Bertz CT molecular complexity index is 706. The summed E-state index contributed by atoms with van der Waals surface area (Å²) in [6.07, 6.45) is 1.41. The predicted molar refractivity (Wildman–Crippen MR) is 109 cm³/mol. The highest BCUT2D eigenvalue weighted by molar-refractivity contribution is 9.10. The van der Waals surface area contributed by atoms with Crippen molar-refractivity contribution < 1.29 is 9.53 Å². The Labute approximate surface area is 166 Å². The van der Waals surface area contributed by atoms with Gasteiger partial charge in [0, 0.05) is 37.1 Å². The van der Waals surface area contributed by atoms with Crippen LogP contribution in [0.4, 0.5) is 5.13 Å². The number of carbonyl (C=O) groups excluding carboxylic acids is 1. The summed E-state index contributed by atoms with van der Waals surface area (Å²) in [6.45, 7) is 6.99. The summed E-state index contributed by atoms with van der Waals surface area (Å²) in [5, 5.41) is 0.801. The third-order valence-electron chi connectivity index (χ3n) is 4.08. The summed E-state index contributed by atoms with van der Waals surface area (Å²) in [5.74, 6) is 0.156. The second-order valence-corrected chi connectivity index (χ2v) is 7.78. The van der Waals surface area contributed by atoms with Crippen molar-refractivity contribution >= 4 is 60.9 Å². The van der Waals surface area contributed by atoms with Gasteiger partial charge in [0.25, 0.3) is 0 Å². The Kier molecular flexibility index (Phi) is 8.09. The average Bonchev–Trinajstić information content (AvgIpc) is 2.99. The highest BCUT2D eigenvalue weighted by Gasteiger charge is 2.20. The zero-order valence-corrected chi connectivity index (χ0v) is 17.5. The van der Waals surface area contributed by atoms with E-state index in [0.29, 0.717) is 13.0 Å². The quantitative estimate of drug-likeness (QED) is 0.671. The molecule has 0 atom stereocenters. The van der Waals surface area contributed by atoms with E-state index in [1.54, 1.807) is 11.3 Å². The molecule has 1 aromatic carbocycles. The molecule has 1 saturated heterocycles. The Morgan fingerprint density at radius 2 is 2.16 bits per heavy atom. The molecule has 8 heteroatoms. The molecule has 5 nitrogen and oxygen atoms in total. The molecule has 3 rings (SSSR count). The average molecular weight is 449 g/mol. The van der Waals surface area contributed by atoms with Crippen LogP contribution in [0.1, 0.15) is 19.8 Å². The Hall–Kier alpha value is -0.730. The molecule has 0 aliphatic carbocycles. The number of thiazole rings is 1. The topological polar surface area (TPSA) is 45.7 Å². The third kappa shape index (κ3) is 5.37. The van der Waals surface area contributed by atoms with E-state index in [-0.39, 0.29) is 18.3 Å². The molecule has 1 aliphatic rings. The largest absolute Gasteiger partial charge is 0.379 e. The number of anilines is 1. The maximum Gasteiger partial charge on any atom is 0.228 e. The van der Waals surface area contributed by atoms with Crippen LogP contribution in [0.25, 0.3) is 10.2 Å². The van der Waals surface area contributed by atoms with Gasteiger partial charge >= 0.3 is 0 Å². The van der Waals surface area contributed by atoms with E-state index in [1.165, 1.54) is 0 Å². The lowest BCUT2D eigenvalue weighted by molar-refractivity contribution is -0.118. The van der Waals surface area contributed by atoms with Crippen molar-refractivity contribution in [1.82, 2.24) is 9.88 Å². The van der Waals surface area contributed by atoms with Gasteiger partial charge in [-0.25, -0.2) is 4.98 Å². The lowest BCUT2D eigenvalue weighted by Crippen LogP contribution is -2.43. The number of halogens is 2. The Morgan fingerprint density at radius 3 is 2.88 bits per heavy atom. The molecule has 1 amide bonds. The molecule has 0 saturated carbocycles. The van der Waals surface area contributed by atoms with Crippen LogP contribution in [0.5, 0.6) is 0 Å². The lowest BCUT2D eigenvalue weighted by atomic mass is 10.3. The number of nitrogens with zero attached hydrogens (tertiary/aromatic N) is 3. The summed E-state index contributed by atoms with van der Waals surface area (Å²) in [7, 11) is 0. The van der Waals surface area contributed by atoms with Gasteiger partial charge in [0.2, 0.25) is 5.91 Å². The van der Waals surface area contributed by atoms with Gasteiger partial charge in [0.05, 0.1) is 23.4 Å². The monoisotopic (exact) mass is 447 g/mol. The number of amides is 1. The van der Waals surface area contributed by atoms with Crippen LogP contribution in [0.2, 0.25) is 0 Å². The molecule has 0 bridgehead atoms. The van der Waals surface area contributed by atoms with Gasteiger partial charge in [-0.15, -0.1) is 12.4 Å². The molecule has 2 heterocycles. The number of morpholine rings is 1. The zero-order chi connectivity index (χ0) is 16.9. The predicted octanol–water partition coefficient (Wildman–Crippen LogP) is 3.95. The van der Waals surface area contributed by atoms with Crippen molar-refractivity contribution in [2.24, 2.45) is 0 Å². The van der Waals surface area contributed by atoms with Crippen LogP contribution in [0.3, 0.4) is 0 Å². The number of carbonyl (C=O) groups is 1. The van der Waals surface area contributed by atoms with E-state index in [2.05, 4.69) is 31.9 Å². The van der Waals surface area contributed by atoms with E-state index in [9.17, 15) is 4.79 Å². The maximum atomic E-state index is 12.6. The van der Waals surface area contributed by atoms with Crippen molar-refractivity contribution in [3.63, 3.8) is 0 Å². The van der Waals surface area contributed by atoms with Gasteiger partial charge in [0.1, 0.15) is 0 Å². The van der Waals surface area contributed by atoms with Crippen molar-refractivity contribution in [3.05, 3.63) is 22.7 Å². The number of fused-ring (bicyclic) bond motifs is 1. The Balaban J connectivity index is 0.00000225. The molecule has 0 radical (unpaired) electrons. The molecular weight excluding hydrogens is 426 g/mol. The number of benzene rings is 1. The minimum atomic E-state index is 0. The second kappa shape index (κ2) is 9.83. The Morgan fingerprint density at radius 1 is 1.40 bits per heavy atom. The molecule has 0 unspecified atom stereocenters. The summed E-state index contributed by atoms with van der Waals surface area (Å²) in [6, 6.07) is 6.03. The first-order valence-corrected chi connectivity index (χ1v) is 9.95. The second-order valence-electron chi connectivity index (χ2n) is 5.86. The van der Waals surface area contributed by atoms with Gasteiger partial charge in [0.15, 0.2) is 5.13 Å². The van der Waals surface area contributed by atoms with Crippen LogP contribution >= 0.6 is 39.7 Å². The number of hydrogen-bond donors (Lipinski definition) is 0. The van der Waals surface area contributed by atoms with E-state index < -0.39 is 0 Å². The van der Waals surface area contributed by atoms with Crippen LogP contribution in [-0.4, -0.2) is 55.2 Å². The first-order valence-electron chi connectivity index (χ1n) is 8.34. The van der Waals surface area contributed by atoms with Crippen LogP contribution < -0.4 is 4.90 Å². The molecule has 1 aromatic heterocycles. The smallest absolute Gasteiger partial charge is 0.228 e. The number of ether oxygens (including phenoxy) is 1. The molecule has 2 aromatic rings. The lowest BCUT2D eigenvalue weighted by Gasteiger charge is -2.29. The van der Waals surface area contributed by atoms with Crippen LogP contribution in [0, 0.1) is 0 Å². The van der Waals surface area contributed by atoms with Gasteiger partial charge < -0.3 is 4.74 Å². The van der Waals surface area contributed by atoms with Gasteiger partial charge in [-0.1, -0.05) is 34.2 Å². The number of rotatable bonds is 6. The van der Waals surface area contributed by atoms with E-state index in [1.807, 2.05) is 24.0 Å². The van der Waals surface area contributed by atoms with Crippen molar-refractivity contribution in [1.29, 1.82) is 0 Å². The van der Waals surface area contributed by atoms with E-state index >= 15 is 0 Å². The SMILES string of the molecule is CCCC(=O)N(CCN1CCOCC1)c1nc2ccc(Br)cc2s1.Cl. The minimum absolute atomic E-state index is 0. The van der Waals surface area contributed by atoms with Crippen molar-refractivity contribution in [3.8, 4) is 0 Å². The van der Waals surface area contributed by atoms with Gasteiger partial charge in [-0.3, -0.25) is 14.6 Å². The van der Waals surface area contributed by atoms with Crippen LogP contribution in [-0.2, 0) is 9.53 Å². The number of hydrogen-bond acceptors (Lipinski definition) is 5. The fraction of sp³-hybridized carbons (Fsp3) is 0.529. The van der Waals surface area contributed by atoms with E-state index in [0.717, 1.165) is 59.1 Å². The van der Waals surface area contributed by atoms with Crippen LogP contribution in [0.15, 0.2) is 22.7 Å². The van der Waals surface area contributed by atoms with E-state index in [4.69, 9.17) is 4.74 Å². The molecule has 25 heavy (non-hydrogen) atoms. The zero-order valence-electron chi connectivity index (χ0n) is 14.2. The normalized spacial score (nSPS) is 15.1. The summed E-state index contributed by atoms with van der Waals surface area (Å²) in [4.78, 5) is 21.5. The molecular formula is C17H23BrClN3O2S. The fourth-order valence-electron chi connectivity index (χ4n) is 2.74. The van der Waals surface area contributed by atoms with Gasteiger partial charge in [-0.05, 0) is 24.6 Å². The molecule has 1 fully saturated rings. The standard InChI is InChI=1S/C17H22BrN3O2S.ClH/c1-2-3-16(22)21(7-6-20-8-10-23-11-9-20)17-19-14-5-4-13(18)12-15(14)24-17;/h4-5,12H,2-3,6-11H2,1H3;1H. The fourth-order valence-corrected chi connectivity index (χ4v) is 4.30. The first-order chi connectivity index (χ1) is 11.7. The molecule has 0 N–H and O–H groups in total. The van der Waals surface area contributed by atoms with Crippen molar-refractivity contribution in [2.45, 2.75) is 19.8 Å². The van der Waals surface area contributed by atoms with Crippen molar-refractivity contribution in [2.75, 3.05) is 44.3 Å². The highest BCUT2D eigenvalue weighted by atomic mass is 79.9. The minimum Gasteiger partial charge on any atom is -0.379 e. The summed E-state index contributed by atoms with van der Waals surface area (Å²) < 4.78 is 7.52. The maximum absolute atomic E-state index is 12.6. The first kappa shape index (κ1) is 20.6. The summed E-state index contributed by atoms with van der Waals surface area (Å²) >= 11 is 5.08. The summed E-state index contributed by atoms with van der Waals surface area (Å²) in [5.41, 5.74) is 0.943. The molecule has 138 valence electrons. The third-order valence-corrected chi connectivity index (χ3v) is 5.61. The van der Waals surface area contributed by atoms with Gasteiger partial charge in [-0.2, -0.15) is 0 Å². The molecule has 1 aliphatic heterocycles. The number of aromatic nitrogens is 1. The molecule has 0 spiro atoms. The highest BCUT2D eigenvalue weighted by Crippen LogP contribution is 2.31.